The highest BCUT2D eigenvalue weighted by Gasteiger charge is 2.10. The first-order valence-electron chi connectivity index (χ1n) is 6.10. The summed E-state index contributed by atoms with van der Waals surface area (Å²) in [5.41, 5.74) is 2.12. The molecule has 0 bridgehead atoms. The summed E-state index contributed by atoms with van der Waals surface area (Å²) in [6, 6.07) is 7.80. The van der Waals surface area contributed by atoms with Crippen molar-refractivity contribution < 1.29 is 14.6 Å². The molecule has 2 rings (SSSR count). The molecular formula is C14H16N2O3S. The van der Waals surface area contributed by atoms with Gasteiger partial charge >= 0.3 is 5.97 Å². The van der Waals surface area contributed by atoms with Gasteiger partial charge in [0.05, 0.1) is 12.9 Å². The van der Waals surface area contributed by atoms with Crippen molar-refractivity contribution >= 4 is 17.7 Å². The fourth-order valence-electron chi connectivity index (χ4n) is 1.79. The number of aromatic nitrogens is 2. The summed E-state index contributed by atoms with van der Waals surface area (Å²) in [6.45, 7) is 2.62. The third-order valence-electron chi connectivity index (χ3n) is 2.84. The number of methoxy groups -OCH3 is 1. The summed E-state index contributed by atoms with van der Waals surface area (Å²) in [5, 5.41) is 9.47. The van der Waals surface area contributed by atoms with Crippen LogP contribution in [0.5, 0.6) is 5.75 Å². The van der Waals surface area contributed by atoms with Crippen molar-refractivity contribution in [3.05, 3.63) is 41.7 Å². The quantitative estimate of drug-likeness (QED) is 0.828. The molecule has 20 heavy (non-hydrogen) atoms. The molecule has 0 fully saturated rings. The first-order chi connectivity index (χ1) is 9.60. The van der Waals surface area contributed by atoms with Crippen LogP contribution in [-0.2, 0) is 11.3 Å². The molecule has 0 spiro atoms. The number of imidazole rings is 1. The van der Waals surface area contributed by atoms with Crippen molar-refractivity contribution in [1.82, 2.24) is 9.55 Å². The van der Waals surface area contributed by atoms with E-state index in [1.54, 1.807) is 13.3 Å². The zero-order valence-corrected chi connectivity index (χ0v) is 12.2. The Bertz CT molecular complexity index is 593. The SMILES string of the molecule is COc1ccc(Cn2c(C)cnc2SCC(=O)O)cc1. The number of aliphatic carboxylic acids is 1. The van der Waals surface area contributed by atoms with Crippen LogP contribution in [0.15, 0.2) is 35.6 Å². The number of hydrogen-bond donors (Lipinski definition) is 1. The van der Waals surface area contributed by atoms with Crippen LogP contribution in [0.4, 0.5) is 0 Å². The normalized spacial score (nSPS) is 10.5. The summed E-state index contributed by atoms with van der Waals surface area (Å²) in [5.74, 6) is -0.0118. The van der Waals surface area contributed by atoms with Gasteiger partial charge in [0, 0.05) is 18.4 Å². The van der Waals surface area contributed by atoms with Gasteiger partial charge in [0.15, 0.2) is 5.16 Å². The summed E-state index contributed by atoms with van der Waals surface area (Å²) < 4.78 is 7.14. The number of hydrogen-bond acceptors (Lipinski definition) is 4. The first-order valence-corrected chi connectivity index (χ1v) is 7.08. The van der Waals surface area contributed by atoms with Crippen molar-refractivity contribution in [2.24, 2.45) is 0 Å². The molecule has 0 saturated heterocycles. The number of ether oxygens (including phenoxy) is 1. The van der Waals surface area contributed by atoms with Crippen LogP contribution < -0.4 is 4.74 Å². The average Bonchev–Trinajstić information content (AvgIpc) is 2.78. The molecule has 6 heteroatoms. The maximum atomic E-state index is 10.6. The maximum absolute atomic E-state index is 10.6. The maximum Gasteiger partial charge on any atom is 0.313 e. The molecule has 1 aromatic carbocycles. The molecule has 106 valence electrons. The summed E-state index contributed by atoms with van der Waals surface area (Å²) in [4.78, 5) is 14.9. The van der Waals surface area contributed by atoms with E-state index >= 15 is 0 Å². The monoisotopic (exact) mass is 292 g/mol. The lowest BCUT2D eigenvalue weighted by Crippen LogP contribution is -2.05. The molecule has 0 unspecified atom stereocenters. The van der Waals surface area contributed by atoms with E-state index in [-0.39, 0.29) is 5.75 Å². The van der Waals surface area contributed by atoms with E-state index in [0.29, 0.717) is 6.54 Å². The number of aryl methyl sites for hydroxylation is 1. The molecule has 0 aliphatic rings. The van der Waals surface area contributed by atoms with E-state index in [2.05, 4.69) is 4.98 Å². The van der Waals surface area contributed by atoms with Crippen LogP contribution in [0.3, 0.4) is 0 Å². The van der Waals surface area contributed by atoms with Gasteiger partial charge in [-0.15, -0.1) is 0 Å². The lowest BCUT2D eigenvalue weighted by atomic mass is 10.2. The van der Waals surface area contributed by atoms with Crippen molar-refractivity contribution in [2.75, 3.05) is 12.9 Å². The second kappa shape index (κ2) is 6.47. The molecule has 1 N–H and O–H groups in total. The fraction of sp³-hybridized carbons (Fsp3) is 0.286. The molecule has 0 saturated carbocycles. The third-order valence-corrected chi connectivity index (χ3v) is 3.82. The summed E-state index contributed by atoms with van der Waals surface area (Å²) in [6.07, 6.45) is 1.76. The van der Waals surface area contributed by atoms with Gasteiger partial charge in [-0.1, -0.05) is 23.9 Å². The molecule has 0 atom stereocenters. The third kappa shape index (κ3) is 3.54. The molecule has 5 nitrogen and oxygen atoms in total. The Hall–Kier alpha value is -1.95. The fourth-order valence-corrected chi connectivity index (χ4v) is 2.53. The topological polar surface area (TPSA) is 64.4 Å². The second-order valence-electron chi connectivity index (χ2n) is 4.30. The Kier molecular flexibility index (Phi) is 4.68. The lowest BCUT2D eigenvalue weighted by molar-refractivity contribution is -0.133. The van der Waals surface area contributed by atoms with Gasteiger partial charge in [-0.3, -0.25) is 4.79 Å². The Morgan fingerprint density at radius 2 is 2.10 bits per heavy atom. The van der Waals surface area contributed by atoms with Gasteiger partial charge in [-0.05, 0) is 24.6 Å². The largest absolute Gasteiger partial charge is 0.497 e. The van der Waals surface area contributed by atoms with E-state index in [0.717, 1.165) is 22.2 Å². The smallest absolute Gasteiger partial charge is 0.313 e. The van der Waals surface area contributed by atoms with Crippen molar-refractivity contribution in [3.63, 3.8) is 0 Å². The number of rotatable bonds is 6. The molecular weight excluding hydrogens is 276 g/mol. The van der Waals surface area contributed by atoms with Gasteiger partial charge in [0.2, 0.25) is 0 Å². The Balaban J connectivity index is 2.14. The van der Waals surface area contributed by atoms with Crippen LogP contribution in [0.2, 0.25) is 0 Å². The average molecular weight is 292 g/mol. The molecule has 0 aliphatic carbocycles. The molecule has 2 aromatic rings. The number of benzene rings is 1. The van der Waals surface area contributed by atoms with Crippen LogP contribution in [0, 0.1) is 6.92 Å². The molecule has 1 aromatic heterocycles. The minimum atomic E-state index is -0.841. The van der Waals surface area contributed by atoms with Gasteiger partial charge in [-0.25, -0.2) is 4.98 Å². The van der Waals surface area contributed by atoms with E-state index in [1.165, 1.54) is 11.8 Å². The number of carboxylic acids is 1. The van der Waals surface area contributed by atoms with Crippen molar-refractivity contribution in [3.8, 4) is 5.75 Å². The standard InChI is InChI=1S/C14H16N2O3S/c1-10-7-15-14(20-9-13(17)18)16(10)8-11-3-5-12(19-2)6-4-11/h3-7H,8-9H2,1-2H3,(H,17,18). The van der Waals surface area contributed by atoms with Crippen molar-refractivity contribution in [2.45, 2.75) is 18.6 Å². The number of carbonyl (C=O) groups is 1. The molecule has 0 radical (unpaired) electrons. The molecule has 0 amide bonds. The van der Waals surface area contributed by atoms with Gasteiger partial charge in [-0.2, -0.15) is 0 Å². The van der Waals surface area contributed by atoms with Crippen LogP contribution in [0.25, 0.3) is 0 Å². The van der Waals surface area contributed by atoms with Gasteiger partial charge in [0.1, 0.15) is 5.75 Å². The predicted molar refractivity (Wildman–Crippen MR) is 77.4 cm³/mol. The predicted octanol–water partition coefficient (Wildman–Crippen LogP) is 2.43. The highest BCUT2D eigenvalue weighted by Crippen LogP contribution is 2.20. The van der Waals surface area contributed by atoms with Crippen LogP contribution in [-0.4, -0.2) is 33.5 Å². The zero-order chi connectivity index (χ0) is 14.5. The van der Waals surface area contributed by atoms with E-state index in [1.807, 2.05) is 35.8 Å². The van der Waals surface area contributed by atoms with Gasteiger partial charge in [0.25, 0.3) is 0 Å². The minimum absolute atomic E-state index is 0.0130. The second-order valence-corrected chi connectivity index (χ2v) is 5.24. The summed E-state index contributed by atoms with van der Waals surface area (Å²) >= 11 is 1.23. The van der Waals surface area contributed by atoms with Gasteiger partial charge < -0.3 is 14.4 Å². The minimum Gasteiger partial charge on any atom is -0.497 e. The number of thioether (sulfide) groups is 1. The number of carboxylic acid groups (broad SMARTS) is 1. The number of nitrogens with zero attached hydrogens (tertiary/aromatic N) is 2. The lowest BCUT2D eigenvalue weighted by Gasteiger charge is -2.10. The first kappa shape index (κ1) is 14.5. The van der Waals surface area contributed by atoms with Crippen LogP contribution >= 0.6 is 11.8 Å². The highest BCUT2D eigenvalue weighted by molar-refractivity contribution is 7.99. The highest BCUT2D eigenvalue weighted by atomic mass is 32.2. The Morgan fingerprint density at radius 3 is 2.70 bits per heavy atom. The van der Waals surface area contributed by atoms with Crippen molar-refractivity contribution in [1.29, 1.82) is 0 Å². The molecule has 0 aliphatic heterocycles. The molecule has 1 heterocycles. The van der Waals surface area contributed by atoms with E-state index in [4.69, 9.17) is 9.84 Å². The van der Waals surface area contributed by atoms with E-state index in [9.17, 15) is 4.79 Å². The van der Waals surface area contributed by atoms with E-state index < -0.39 is 5.97 Å². The Labute approximate surface area is 121 Å². The van der Waals surface area contributed by atoms with Crippen LogP contribution in [0.1, 0.15) is 11.3 Å². The zero-order valence-electron chi connectivity index (χ0n) is 11.4. The summed E-state index contributed by atoms with van der Waals surface area (Å²) in [7, 11) is 1.63. The Morgan fingerprint density at radius 1 is 1.40 bits per heavy atom.